The van der Waals surface area contributed by atoms with E-state index in [0.717, 1.165) is 36.1 Å². The van der Waals surface area contributed by atoms with Crippen LogP contribution in [0.25, 0.3) is 0 Å². The van der Waals surface area contributed by atoms with E-state index in [4.69, 9.17) is 9.47 Å². The van der Waals surface area contributed by atoms with Gasteiger partial charge in [-0.15, -0.1) is 0 Å². The van der Waals surface area contributed by atoms with Gasteiger partial charge in [-0.05, 0) is 38.8 Å². The number of hydrogen-bond donors (Lipinski definition) is 0. The fourth-order valence-electron chi connectivity index (χ4n) is 3.73. The van der Waals surface area contributed by atoms with E-state index < -0.39 is 12.0 Å². The van der Waals surface area contributed by atoms with Crippen LogP contribution in [0.15, 0.2) is 24.3 Å². The van der Waals surface area contributed by atoms with Crippen LogP contribution < -0.4 is 4.74 Å². The lowest BCUT2D eigenvalue weighted by molar-refractivity contribution is -0.158. The highest BCUT2D eigenvalue weighted by Crippen LogP contribution is 2.38. The van der Waals surface area contributed by atoms with Crippen LogP contribution >= 0.6 is 0 Å². The number of esters is 1. The van der Waals surface area contributed by atoms with Gasteiger partial charge < -0.3 is 9.47 Å². The zero-order chi connectivity index (χ0) is 18.7. The first-order valence-corrected chi connectivity index (χ1v) is 9.22. The smallest absolute Gasteiger partial charge is 0.329 e. The van der Waals surface area contributed by atoms with Gasteiger partial charge in [0.1, 0.15) is 25.0 Å². The molecule has 1 saturated heterocycles. The highest BCUT2D eigenvalue weighted by Gasteiger charge is 2.51. The molecule has 2 amide bonds. The summed E-state index contributed by atoms with van der Waals surface area (Å²) in [5.41, 5.74) is 1.14. The zero-order valence-electron chi connectivity index (χ0n) is 15.3. The van der Waals surface area contributed by atoms with E-state index in [1.165, 1.54) is 0 Å². The number of likely N-dealkylation sites (tertiary alicyclic amines) is 1. The molecule has 6 nitrogen and oxygen atoms in total. The standard InChI is InChI=1S/C20H25NO5/c1-13-7-9-15(10-8-13)25-11-12-26-20(24)14(2)21-18(22)16-5-3-4-6-17(16)19(21)23/h7-10,14,16-17H,3-6,11-12H2,1-2H3/t14-,16-,17+/m0/s1. The van der Waals surface area contributed by atoms with Crippen molar-refractivity contribution in [2.75, 3.05) is 13.2 Å². The normalized spacial score (nSPS) is 23.5. The molecule has 3 rings (SSSR count). The van der Waals surface area contributed by atoms with Crippen LogP contribution in [0, 0.1) is 18.8 Å². The summed E-state index contributed by atoms with van der Waals surface area (Å²) in [4.78, 5) is 38.4. The Hall–Kier alpha value is -2.37. The lowest BCUT2D eigenvalue weighted by Crippen LogP contribution is -2.44. The molecule has 0 bridgehead atoms. The van der Waals surface area contributed by atoms with Crippen molar-refractivity contribution in [1.29, 1.82) is 0 Å². The predicted molar refractivity (Wildman–Crippen MR) is 94.4 cm³/mol. The van der Waals surface area contributed by atoms with Crippen molar-refractivity contribution in [2.45, 2.75) is 45.6 Å². The van der Waals surface area contributed by atoms with Gasteiger partial charge in [0.2, 0.25) is 11.8 Å². The van der Waals surface area contributed by atoms with Crippen molar-refractivity contribution >= 4 is 17.8 Å². The molecule has 2 aliphatic rings. The topological polar surface area (TPSA) is 72.9 Å². The number of carbonyl (C=O) groups is 3. The van der Waals surface area contributed by atoms with Crippen LogP contribution in [0.1, 0.15) is 38.2 Å². The number of carbonyl (C=O) groups excluding carboxylic acids is 3. The Bertz CT molecular complexity index is 660. The monoisotopic (exact) mass is 359 g/mol. The largest absolute Gasteiger partial charge is 0.490 e. The average Bonchev–Trinajstić information content (AvgIpc) is 2.90. The van der Waals surface area contributed by atoms with Gasteiger partial charge in [0.25, 0.3) is 0 Å². The molecule has 26 heavy (non-hydrogen) atoms. The number of benzene rings is 1. The quantitative estimate of drug-likeness (QED) is 0.443. The third-order valence-corrected chi connectivity index (χ3v) is 5.22. The molecule has 0 unspecified atom stereocenters. The molecule has 140 valence electrons. The SMILES string of the molecule is Cc1ccc(OCCOC(=O)[C@H](C)N2C(=O)[C@H]3CCCC[C@H]3C2=O)cc1. The van der Waals surface area contributed by atoms with E-state index >= 15 is 0 Å². The maximum atomic E-state index is 12.5. The summed E-state index contributed by atoms with van der Waals surface area (Å²) in [5.74, 6) is -0.820. The van der Waals surface area contributed by atoms with Crippen molar-refractivity contribution in [3.05, 3.63) is 29.8 Å². The Morgan fingerprint density at radius 3 is 2.23 bits per heavy atom. The minimum Gasteiger partial charge on any atom is -0.490 e. The minimum atomic E-state index is -0.889. The predicted octanol–water partition coefficient (Wildman–Crippen LogP) is 2.48. The molecule has 3 atom stereocenters. The van der Waals surface area contributed by atoms with Crippen LogP contribution in [-0.2, 0) is 19.1 Å². The van der Waals surface area contributed by atoms with Gasteiger partial charge in [-0.3, -0.25) is 14.5 Å². The fourth-order valence-corrected chi connectivity index (χ4v) is 3.73. The molecule has 0 spiro atoms. The lowest BCUT2D eigenvalue weighted by atomic mass is 9.81. The Kier molecular flexibility index (Phi) is 5.59. The van der Waals surface area contributed by atoms with E-state index in [2.05, 4.69) is 0 Å². The lowest BCUT2D eigenvalue weighted by Gasteiger charge is -2.21. The van der Waals surface area contributed by atoms with E-state index in [1.807, 2.05) is 31.2 Å². The molecular formula is C20H25NO5. The third-order valence-electron chi connectivity index (χ3n) is 5.22. The molecule has 1 aliphatic carbocycles. The number of aryl methyl sites for hydroxylation is 1. The van der Waals surface area contributed by atoms with Crippen LogP contribution in [0.5, 0.6) is 5.75 Å². The number of amides is 2. The van der Waals surface area contributed by atoms with Gasteiger partial charge in [0, 0.05) is 0 Å². The highest BCUT2D eigenvalue weighted by atomic mass is 16.6. The number of rotatable bonds is 6. The first-order valence-electron chi connectivity index (χ1n) is 9.22. The molecule has 0 aromatic heterocycles. The molecule has 1 aromatic rings. The zero-order valence-corrected chi connectivity index (χ0v) is 15.3. The Morgan fingerprint density at radius 2 is 1.65 bits per heavy atom. The van der Waals surface area contributed by atoms with Gasteiger partial charge >= 0.3 is 5.97 Å². The van der Waals surface area contributed by atoms with Crippen molar-refractivity contribution in [2.24, 2.45) is 11.8 Å². The summed E-state index contributed by atoms with van der Waals surface area (Å²) in [6.07, 6.45) is 3.39. The van der Waals surface area contributed by atoms with Crippen molar-refractivity contribution in [3.63, 3.8) is 0 Å². The molecular weight excluding hydrogens is 334 g/mol. The van der Waals surface area contributed by atoms with Gasteiger partial charge in [-0.1, -0.05) is 30.5 Å². The Balaban J connectivity index is 1.49. The molecule has 1 aliphatic heterocycles. The maximum Gasteiger partial charge on any atom is 0.329 e. The van der Waals surface area contributed by atoms with Crippen molar-refractivity contribution < 1.29 is 23.9 Å². The molecule has 1 saturated carbocycles. The first-order chi connectivity index (χ1) is 12.5. The van der Waals surface area contributed by atoms with Gasteiger partial charge in [0.05, 0.1) is 11.8 Å². The number of hydrogen-bond acceptors (Lipinski definition) is 5. The molecule has 1 aromatic carbocycles. The van der Waals surface area contributed by atoms with Gasteiger partial charge in [-0.25, -0.2) is 4.79 Å². The van der Waals surface area contributed by atoms with Crippen LogP contribution in [0.2, 0.25) is 0 Å². The van der Waals surface area contributed by atoms with Crippen LogP contribution in [0.3, 0.4) is 0 Å². The van der Waals surface area contributed by atoms with Gasteiger partial charge in [-0.2, -0.15) is 0 Å². The minimum absolute atomic E-state index is 0.0696. The number of ether oxygens (including phenoxy) is 2. The fraction of sp³-hybridized carbons (Fsp3) is 0.550. The maximum absolute atomic E-state index is 12.5. The number of fused-ring (bicyclic) bond motifs is 1. The third kappa shape index (κ3) is 3.74. The Morgan fingerprint density at radius 1 is 1.08 bits per heavy atom. The first kappa shape index (κ1) is 18.4. The van der Waals surface area contributed by atoms with E-state index in [1.54, 1.807) is 6.92 Å². The van der Waals surface area contributed by atoms with E-state index in [-0.39, 0.29) is 36.9 Å². The summed E-state index contributed by atoms with van der Waals surface area (Å²) in [6, 6.07) is 6.69. The van der Waals surface area contributed by atoms with Crippen LogP contribution in [-0.4, -0.2) is 41.9 Å². The second kappa shape index (κ2) is 7.89. The average molecular weight is 359 g/mol. The molecule has 6 heteroatoms. The number of nitrogens with zero attached hydrogens (tertiary/aromatic N) is 1. The van der Waals surface area contributed by atoms with Gasteiger partial charge in [0.15, 0.2) is 0 Å². The molecule has 2 fully saturated rings. The molecule has 1 heterocycles. The van der Waals surface area contributed by atoms with Crippen LogP contribution in [0.4, 0.5) is 0 Å². The summed E-state index contributed by atoms with van der Waals surface area (Å²) >= 11 is 0. The second-order valence-corrected chi connectivity index (χ2v) is 7.05. The second-order valence-electron chi connectivity index (χ2n) is 7.05. The number of imide groups is 1. The summed E-state index contributed by atoms with van der Waals surface area (Å²) in [6.45, 7) is 3.83. The van der Waals surface area contributed by atoms with E-state index in [0.29, 0.717) is 5.75 Å². The van der Waals surface area contributed by atoms with Crippen molar-refractivity contribution in [3.8, 4) is 5.75 Å². The van der Waals surface area contributed by atoms with E-state index in [9.17, 15) is 14.4 Å². The summed E-state index contributed by atoms with van der Waals surface area (Å²) in [5, 5.41) is 0. The molecule has 0 N–H and O–H groups in total. The Labute approximate surface area is 153 Å². The summed E-state index contributed by atoms with van der Waals surface area (Å²) < 4.78 is 10.7. The highest BCUT2D eigenvalue weighted by molar-refractivity contribution is 6.07. The van der Waals surface area contributed by atoms with Crippen molar-refractivity contribution in [1.82, 2.24) is 4.90 Å². The summed E-state index contributed by atoms with van der Waals surface area (Å²) in [7, 11) is 0. The molecule has 0 radical (unpaired) electrons.